The van der Waals surface area contributed by atoms with Gasteiger partial charge in [0.05, 0.1) is 17.6 Å². The number of nitrogens with one attached hydrogen (secondary N) is 2. The molecule has 6 nitrogen and oxygen atoms in total. The van der Waals surface area contributed by atoms with Crippen LogP contribution in [0.15, 0.2) is 42.6 Å². The van der Waals surface area contributed by atoms with E-state index in [1.165, 1.54) is 36.0 Å². The van der Waals surface area contributed by atoms with Gasteiger partial charge in [-0.15, -0.1) is 11.8 Å². The van der Waals surface area contributed by atoms with E-state index in [9.17, 15) is 14.0 Å². The van der Waals surface area contributed by atoms with Crippen molar-refractivity contribution in [2.45, 2.75) is 26.5 Å². The Balaban J connectivity index is 1.70. The highest BCUT2D eigenvalue weighted by molar-refractivity contribution is 8.00. The van der Waals surface area contributed by atoms with E-state index in [2.05, 4.69) is 15.6 Å². The van der Waals surface area contributed by atoms with Crippen LogP contribution >= 0.6 is 11.8 Å². The number of carbonyl (C=O) groups is 2. The van der Waals surface area contributed by atoms with Gasteiger partial charge in [0, 0.05) is 24.0 Å². The number of benzene rings is 1. The zero-order chi connectivity index (χ0) is 19.6. The molecular formula is C19H22FN3O3S. The third kappa shape index (κ3) is 7.65. The maximum Gasteiger partial charge on any atom is 0.234 e. The molecule has 27 heavy (non-hydrogen) atoms. The molecule has 1 aromatic heterocycles. The summed E-state index contributed by atoms with van der Waals surface area (Å²) in [5.41, 5.74) is 1.30. The first-order valence-corrected chi connectivity index (χ1v) is 9.60. The third-order valence-corrected chi connectivity index (χ3v) is 4.20. The minimum atomic E-state index is -0.366. The van der Waals surface area contributed by atoms with Crippen LogP contribution in [0.3, 0.4) is 0 Å². The number of ether oxygens (including phenoxy) is 1. The molecule has 1 heterocycles. The number of thioether (sulfide) groups is 1. The van der Waals surface area contributed by atoms with Crippen LogP contribution < -0.4 is 15.4 Å². The van der Waals surface area contributed by atoms with E-state index in [1.54, 1.807) is 12.3 Å². The highest BCUT2D eigenvalue weighted by Crippen LogP contribution is 2.15. The summed E-state index contributed by atoms with van der Waals surface area (Å²) in [5.74, 6) is -0.0291. The van der Waals surface area contributed by atoms with Crippen LogP contribution in [0.2, 0.25) is 0 Å². The van der Waals surface area contributed by atoms with Crippen molar-refractivity contribution in [2.24, 2.45) is 0 Å². The number of hydrogen-bond acceptors (Lipinski definition) is 5. The zero-order valence-corrected chi connectivity index (χ0v) is 16.0. The quantitative estimate of drug-likeness (QED) is 0.687. The summed E-state index contributed by atoms with van der Waals surface area (Å²) in [6.45, 7) is 4.12. The zero-order valence-electron chi connectivity index (χ0n) is 15.2. The van der Waals surface area contributed by atoms with Gasteiger partial charge in [-0.25, -0.2) is 9.37 Å². The maximum atomic E-state index is 12.8. The van der Waals surface area contributed by atoms with Crippen molar-refractivity contribution < 1.29 is 18.7 Å². The lowest BCUT2D eigenvalue weighted by Crippen LogP contribution is -2.26. The summed E-state index contributed by atoms with van der Waals surface area (Å²) in [6, 6.07) is 9.12. The average molecular weight is 391 g/mol. The van der Waals surface area contributed by atoms with E-state index in [0.29, 0.717) is 18.1 Å². The second-order valence-corrected chi connectivity index (χ2v) is 6.94. The Bertz CT molecular complexity index is 769. The Hall–Kier alpha value is -2.61. The van der Waals surface area contributed by atoms with Crippen molar-refractivity contribution in [3.8, 4) is 5.88 Å². The number of pyridine rings is 1. The number of halogens is 1. The summed E-state index contributed by atoms with van der Waals surface area (Å²) < 4.78 is 18.4. The second kappa shape index (κ2) is 10.5. The molecule has 0 saturated carbocycles. The van der Waals surface area contributed by atoms with E-state index < -0.39 is 0 Å². The molecule has 0 aliphatic carbocycles. The molecule has 0 fully saturated rings. The van der Waals surface area contributed by atoms with Crippen LogP contribution in [0, 0.1) is 5.82 Å². The number of aromatic nitrogens is 1. The molecule has 0 unspecified atom stereocenters. The number of hydrogen-bond donors (Lipinski definition) is 2. The fourth-order valence-electron chi connectivity index (χ4n) is 2.10. The number of anilines is 1. The first kappa shape index (κ1) is 20.7. The van der Waals surface area contributed by atoms with E-state index >= 15 is 0 Å². The van der Waals surface area contributed by atoms with Crippen LogP contribution in [-0.4, -0.2) is 34.4 Å². The fourth-order valence-corrected chi connectivity index (χ4v) is 2.75. The average Bonchev–Trinajstić information content (AvgIpc) is 2.62. The largest absolute Gasteiger partial charge is 0.475 e. The molecule has 0 bridgehead atoms. The molecule has 0 aliphatic heterocycles. The third-order valence-electron chi connectivity index (χ3n) is 3.27. The molecule has 0 spiro atoms. The van der Waals surface area contributed by atoms with Gasteiger partial charge >= 0.3 is 0 Å². The normalized spacial score (nSPS) is 10.5. The van der Waals surface area contributed by atoms with Crippen molar-refractivity contribution in [1.82, 2.24) is 10.3 Å². The van der Waals surface area contributed by atoms with Crippen molar-refractivity contribution in [3.05, 3.63) is 54.0 Å². The van der Waals surface area contributed by atoms with Crippen molar-refractivity contribution >= 4 is 29.3 Å². The predicted octanol–water partition coefficient (Wildman–Crippen LogP) is 3.00. The smallest absolute Gasteiger partial charge is 0.234 e. The van der Waals surface area contributed by atoms with Gasteiger partial charge in [0.2, 0.25) is 17.7 Å². The molecule has 2 rings (SSSR count). The monoisotopic (exact) mass is 391 g/mol. The molecule has 2 aromatic rings. The summed E-state index contributed by atoms with van der Waals surface area (Å²) in [6.07, 6.45) is 1.63. The predicted molar refractivity (Wildman–Crippen MR) is 104 cm³/mol. The molecule has 144 valence electrons. The second-order valence-electron chi connectivity index (χ2n) is 5.96. The lowest BCUT2D eigenvalue weighted by atomic mass is 10.2. The lowest BCUT2D eigenvalue weighted by molar-refractivity contribution is -0.118. The summed E-state index contributed by atoms with van der Waals surface area (Å²) >= 11 is 1.20. The van der Waals surface area contributed by atoms with Crippen LogP contribution in [0.5, 0.6) is 5.88 Å². The van der Waals surface area contributed by atoms with Crippen molar-refractivity contribution in [1.29, 1.82) is 0 Å². The molecular weight excluding hydrogens is 369 g/mol. The molecule has 0 radical (unpaired) electrons. The van der Waals surface area contributed by atoms with Gasteiger partial charge in [-0.3, -0.25) is 9.59 Å². The molecule has 0 atom stereocenters. The highest BCUT2D eigenvalue weighted by Gasteiger charge is 2.10. The van der Waals surface area contributed by atoms with Crippen LogP contribution in [0.25, 0.3) is 0 Å². The first-order chi connectivity index (χ1) is 12.9. The Morgan fingerprint density at radius 1 is 1.15 bits per heavy atom. The van der Waals surface area contributed by atoms with Gasteiger partial charge < -0.3 is 15.4 Å². The fraction of sp³-hybridized carbons (Fsp3) is 0.316. The molecule has 1 aromatic carbocycles. The topological polar surface area (TPSA) is 80.3 Å². The lowest BCUT2D eigenvalue weighted by Gasteiger charge is -2.13. The molecule has 0 saturated heterocycles. The van der Waals surface area contributed by atoms with Gasteiger partial charge in [-0.1, -0.05) is 6.07 Å². The van der Waals surface area contributed by atoms with Crippen molar-refractivity contribution in [2.75, 3.05) is 16.8 Å². The first-order valence-electron chi connectivity index (χ1n) is 8.44. The van der Waals surface area contributed by atoms with Gasteiger partial charge in [0.1, 0.15) is 5.82 Å². The SMILES string of the molecule is CC(C)Oc1ncccc1CNC(=O)CSCC(=O)Nc1ccc(F)cc1. The highest BCUT2D eigenvalue weighted by atomic mass is 32.2. The van der Waals surface area contributed by atoms with Crippen LogP contribution in [0.4, 0.5) is 10.1 Å². The van der Waals surface area contributed by atoms with Crippen molar-refractivity contribution in [3.63, 3.8) is 0 Å². The number of amides is 2. The molecule has 2 N–H and O–H groups in total. The minimum absolute atomic E-state index is 0.00970. The van der Waals surface area contributed by atoms with Gasteiger partial charge in [0.15, 0.2) is 0 Å². The van der Waals surface area contributed by atoms with Gasteiger partial charge in [-0.05, 0) is 44.2 Å². The van der Waals surface area contributed by atoms with Gasteiger partial charge in [-0.2, -0.15) is 0 Å². The standard InChI is InChI=1S/C19H22FN3O3S/c1-13(2)26-19-14(4-3-9-21-19)10-22-17(24)11-27-12-18(25)23-16-7-5-15(20)6-8-16/h3-9,13H,10-12H2,1-2H3,(H,22,24)(H,23,25). The van der Waals surface area contributed by atoms with E-state index in [0.717, 1.165) is 5.56 Å². The Morgan fingerprint density at radius 3 is 2.56 bits per heavy atom. The maximum absolute atomic E-state index is 12.8. The van der Waals surface area contributed by atoms with E-state index in [1.807, 2.05) is 19.9 Å². The summed E-state index contributed by atoms with van der Waals surface area (Å²) in [5, 5.41) is 5.43. The number of rotatable bonds is 9. The molecule has 0 aliphatic rings. The number of nitrogens with zero attached hydrogens (tertiary/aromatic N) is 1. The van der Waals surface area contributed by atoms with Crippen LogP contribution in [-0.2, 0) is 16.1 Å². The van der Waals surface area contributed by atoms with Gasteiger partial charge in [0.25, 0.3) is 0 Å². The van der Waals surface area contributed by atoms with E-state index in [4.69, 9.17) is 4.74 Å². The van der Waals surface area contributed by atoms with Crippen LogP contribution in [0.1, 0.15) is 19.4 Å². The Morgan fingerprint density at radius 2 is 1.85 bits per heavy atom. The molecule has 8 heteroatoms. The minimum Gasteiger partial charge on any atom is -0.475 e. The Kier molecular flexibility index (Phi) is 8.06. The number of carbonyl (C=O) groups excluding carboxylic acids is 2. The molecule has 2 amide bonds. The Labute approximate surface area is 161 Å². The van der Waals surface area contributed by atoms with E-state index in [-0.39, 0.29) is 35.2 Å². The summed E-state index contributed by atoms with van der Waals surface area (Å²) in [7, 11) is 0. The summed E-state index contributed by atoms with van der Waals surface area (Å²) in [4.78, 5) is 28.0.